The Balaban J connectivity index is 1.97. The summed E-state index contributed by atoms with van der Waals surface area (Å²) in [4.78, 5) is 15.7. The zero-order chi connectivity index (χ0) is 16.8. The number of carboxylic acid groups (broad SMARTS) is 1. The lowest BCUT2D eigenvalue weighted by atomic mass is 10.0. The zero-order valence-electron chi connectivity index (χ0n) is 13.6. The lowest BCUT2D eigenvalue weighted by Crippen LogP contribution is -2.52. The third-order valence-electron chi connectivity index (χ3n) is 3.90. The highest BCUT2D eigenvalue weighted by Gasteiger charge is 2.31. The van der Waals surface area contributed by atoms with Gasteiger partial charge >= 0.3 is 5.97 Å². The molecule has 1 aliphatic heterocycles. The summed E-state index contributed by atoms with van der Waals surface area (Å²) >= 11 is 7.01. The lowest BCUT2D eigenvalue weighted by Gasteiger charge is -2.39. The van der Waals surface area contributed by atoms with Gasteiger partial charge in [0.25, 0.3) is 0 Å². The van der Waals surface area contributed by atoms with Gasteiger partial charge in [0.15, 0.2) is 0 Å². The molecule has 0 amide bonds. The van der Waals surface area contributed by atoms with Crippen molar-refractivity contribution < 1.29 is 9.90 Å². The summed E-state index contributed by atoms with van der Waals surface area (Å²) in [6.07, 6.45) is 1.58. The van der Waals surface area contributed by atoms with E-state index in [0.29, 0.717) is 24.9 Å². The first-order chi connectivity index (χ1) is 11.0. The maximum atomic E-state index is 11.6. The average molecular weight is 353 g/mol. The third-order valence-corrected chi connectivity index (χ3v) is 5.48. The topological polar surface area (TPSA) is 43.8 Å². The van der Waals surface area contributed by atoms with E-state index in [9.17, 15) is 9.90 Å². The number of hydrogen-bond acceptors (Lipinski definition) is 4. The fraction of sp³-hybridized carbons (Fsp3) is 0.529. The summed E-state index contributed by atoms with van der Waals surface area (Å²) in [6.45, 7) is 5.54. The van der Waals surface area contributed by atoms with Gasteiger partial charge < -0.3 is 10.0 Å². The van der Waals surface area contributed by atoms with Crippen molar-refractivity contribution in [2.75, 3.05) is 19.1 Å². The van der Waals surface area contributed by atoms with E-state index in [2.05, 4.69) is 30.9 Å². The van der Waals surface area contributed by atoms with Crippen LogP contribution >= 0.6 is 24.0 Å². The molecule has 1 N–H and O–H groups in total. The van der Waals surface area contributed by atoms with E-state index in [1.807, 2.05) is 23.1 Å². The predicted molar refractivity (Wildman–Crippen MR) is 99.5 cm³/mol. The second-order valence-corrected chi connectivity index (χ2v) is 7.83. The first kappa shape index (κ1) is 18.2. The molecule has 1 aromatic rings. The molecule has 1 saturated heterocycles. The maximum Gasteiger partial charge on any atom is 0.321 e. The normalized spacial score (nSPS) is 17.5. The molecular weight excluding hydrogens is 328 g/mol. The molecule has 2 rings (SSSR count). The summed E-state index contributed by atoms with van der Waals surface area (Å²) in [5, 5.41) is 9.53. The molecule has 1 aliphatic rings. The van der Waals surface area contributed by atoms with Crippen molar-refractivity contribution >= 4 is 34.3 Å². The molecule has 1 atom stereocenters. The quantitative estimate of drug-likeness (QED) is 0.760. The van der Waals surface area contributed by atoms with Gasteiger partial charge in [-0.3, -0.25) is 9.69 Å². The summed E-state index contributed by atoms with van der Waals surface area (Å²) in [7, 11) is 0. The molecule has 0 saturated carbocycles. The number of thiocarbonyl (C=S) groups is 1. The van der Waals surface area contributed by atoms with Crippen molar-refractivity contribution in [3.05, 3.63) is 35.9 Å². The lowest BCUT2D eigenvalue weighted by molar-refractivity contribution is -0.144. The van der Waals surface area contributed by atoms with Gasteiger partial charge in [-0.25, -0.2) is 0 Å². The summed E-state index contributed by atoms with van der Waals surface area (Å²) < 4.78 is 0.867. The Labute approximate surface area is 147 Å². The highest BCUT2D eigenvalue weighted by Crippen LogP contribution is 2.23. The van der Waals surface area contributed by atoms with E-state index in [1.54, 1.807) is 11.8 Å². The Hall–Kier alpha value is -1.11. The van der Waals surface area contributed by atoms with Crippen LogP contribution in [-0.2, 0) is 11.2 Å². The van der Waals surface area contributed by atoms with Crippen molar-refractivity contribution in [1.82, 2.24) is 9.80 Å². The SMILES string of the molecule is CC(C)CC(C(=O)O)N1CSC(=S)N(CCc2ccccc2)C1. The predicted octanol–water partition coefficient (Wildman–Crippen LogP) is 3.28. The van der Waals surface area contributed by atoms with Crippen LogP contribution in [0.3, 0.4) is 0 Å². The van der Waals surface area contributed by atoms with Crippen LogP contribution in [0, 0.1) is 5.92 Å². The second-order valence-electron chi connectivity index (χ2n) is 6.25. The highest BCUT2D eigenvalue weighted by atomic mass is 32.2. The maximum absolute atomic E-state index is 11.6. The Bertz CT molecular complexity index is 537. The fourth-order valence-corrected chi connectivity index (χ4v) is 3.84. The molecule has 6 heteroatoms. The molecule has 1 heterocycles. The second kappa shape index (κ2) is 8.66. The van der Waals surface area contributed by atoms with Gasteiger partial charge in [0.2, 0.25) is 0 Å². The van der Waals surface area contributed by atoms with Crippen molar-refractivity contribution in [1.29, 1.82) is 0 Å². The van der Waals surface area contributed by atoms with Gasteiger partial charge in [0, 0.05) is 6.54 Å². The van der Waals surface area contributed by atoms with Gasteiger partial charge in [-0.15, -0.1) is 0 Å². The van der Waals surface area contributed by atoms with Crippen molar-refractivity contribution in [3.8, 4) is 0 Å². The van der Waals surface area contributed by atoms with Crippen LogP contribution in [-0.4, -0.2) is 50.3 Å². The minimum absolute atomic E-state index is 0.354. The Kier molecular flexibility index (Phi) is 6.87. The van der Waals surface area contributed by atoms with Gasteiger partial charge in [-0.05, 0) is 24.3 Å². The van der Waals surface area contributed by atoms with Crippen LogP contribution in [0.25, 0.3) is 0 Å². The molecule has 0 radical (unpaired) electrons. The summed E-state index contributed by atoms with van der Waals surface area (Å²) in [5.41, 5.74) is 1.27. The van der Waals surface area contributed by atoms with Gasteiger partial charge in [-0.1, -0.05) is 68.2 Å². The standard InChI is InChI=1S/C17H24N2O2S2/c1-13(2)10-15(16(20)21)19-11-18(17(22)23-12-19)9-8-14-6-4-3-5-7-14/h3-7,13,15H,8-12H2,1-2H3,(H,20,21). The number of nitrogens with zero attached hydrogens (tertiary/aromatic N) is 2. The van der Waals surface area contributed by atoms with Crippen LogP contribution in [0.1, 0.15) is 25.8 Å². The first-order valence-electron chi connectivity index (χ1n) is 7.90. The van der Waals surface area contributed by atoms with Crippen molar-refractivity contribution in [3.63, 3.8) is 0 Å². The Morgan fingerprint density at radius 2 is 2.04 bits per heavy atom. The van der Waals surface area contributed by atoms with Crippen LogP contribution in [0.15, 0.2) is 30.3 Å². The first-order valence-corrected chi connectivity index (χ1v) is 9.29. The monoisotopic (exact) mass is 352 g/mol. The van der Waals surface area contributed by atoms with Gasteiger partial charge in [-0.2, -0.15) is 0 Å². The Morgan fingerprint density at radius 1 is 1.35 bits per heavy atom. The fourth-order valence-electron chi connectivity index (χ4n) is 2.66. The molecule has 23 heavy (non-hydrogen) atoms. The molecule has 126 valence electrons. The molecule has 4 nitrogen and oxygen atoms in total. The van der Waals surface area contributed by atoms with Crippen LogP contribution < -0.4 is 0 Å². The van der Waals surface area contributed by atoms with E-state index in [-0.39, 0.29) is 0 Å². The molecule has 1 fully saturated rings. The van der Waals surface area contributed by atoms with E-state index >= 15 is 0 Å². The summed E-state index contributed by atoms with van der Waals surface area (Å²) in [6, 6.07) is 9.86. The van der Waals surface area contributed by atoms with Gasteiger partial charge in [0.1, 0.15) is 10.4 Å². The number of carboxylic acids is 1. The van der Waals surface area contributed by atoms with E-state index in [4.69, 9.17) is 12.2 Å². The minimum Gasteiger partial charge on any atom is -0.480 e. The molecule has 0 bridgehead atoms. The summed E-state index contributed by atoms with van der Waals surface area (Å²) in [5.74, 6) is 0.271. The van der Waals surface area contributed by atoms with E-state index in [0.717, 1.165) is 17.3 Å². The molecule has 0 spiro atoms. The third kappa shape index (κ3) is 5.48. The highest BCUT2D eigenvalue weighted by molar-refractivity contribution is 8.22. The number of thioether (sulfide) groups is 1. The van der Waals surface area contributed by atoms with Crippen molar-refractivity contribution in [2.24, 2.45) is 5.92 Å². The van der Waals surface area contributed by atoms with Crippen LogP contribution in [0.2, 0.25) is 0 Å². The smallest absolute Gasteiger partial charge is 0.321 e. The van der Waals surface area contributed by atoms with Crippen LogP contribution in [0.4, 0.5) is 0 Å². The van der Waals surface area contributed by atoms with Crippen LogP contribution in [0.5, 0.6) is 0 Å². The number of aliphatic carboxylic acids is 1. The molecular formula is C17H24N2O2S2. The number of rotatable bonds is 7. The minimum atomic E-state index is -0.741. The molecule has 1 unspecified atom stereocenters. The average Bonchev–Trinajstić information content (AvgIpc) is 2.52. The van der Waals surface area contributed by atoms with E-state index < -0.39 is 12.0 Å². The van der Waals surface area contributed by atoms with Gasteiger partial charge in [0.05, 0.1) is 12.5 Å². The number of carbonyl (C=O) groups is 1. The molecule has 1 aromatic carbocycles. The Morgan fingerprint density at radius 3 is 2.65 bits per heavy atom. The van der Waals surface area contributed by atoms with E-state index in [1.165, 1.54) is 5.56 Å². The number of benzene rings is 1. The largest absolute Gasteiger partial charge is 0.480 e. The molecule has 0 aromatic heterocycles. The van der Waals surface area contributed by atoms with Crippen molar-refractivity contribution in [2.45, 2.75) is 32.7 Å². The zero-order valence-corrected chi connectivity index (χ0v) is 15.3. The number of hydrogen-bond donors (Lipinski definition) is 1. The molecule has 0 aliphatic carbocycles.